The summed E-state index contributed by atoms with van der Waals surface area (Å²) in [4.78, 5) is 5.10. The molecule has 2 heterocycles. The molecule has 2 heteroatoms. The highest BCUT2D eigenvalue weighted by molar-refractivity contribution is 6.13. The number of benzene rings is 10. The first-order valence-electron chi connectivity index (χ1n) is 25.6. The number of nitrogens with zero attached hydrogens (tertiary/aromatic N) is 2. The molecule has 14 rings (SSSR count). The van der Waals surface area contributed by atoms with Gasteiger partial charge in [0.25, 0.3) is 0 Å². The predicted molar refractivity (Wildman–Crippen MR) is 304 cm³/mol. The summed E-state index contributed by atoms with van der Waals surface area (Å²) < 4.78 is 0. The quantitative estimate of drug-likeness (QED) is 0.157. The lowest BCUT2D eigenvalue weighted by Gasteiger charge is -2.31. The third-order valence-corrected chi connectivity index (χ3v) is 16.8. The maximum Gasteiger partial charge on any atom is 0.0577 e. The molecule has 0 radical (unpaired) electrons. The fraction of sp³-hybridized carbons (Fsp3) is 0.114. The van der Waals surface area contributed by atoms with Crippen LogP contribution in [0.2, 0.25) is 0 Å². The van der Waals surface area contributed by atoms with E-state index in [4.69, 9.17) is 0 Å². The van der Waals surface area contributed by atoms with E-state index >= 15 is 0 Å². The Morgan fingerprint density at radius 2 is 1.11 bits per heavy atom. The standard InChI is InChI=1S/C70H54N2/c1-6-7-24-53-44(2)71-65-29-17-15-26-56(65)60-40-48(41-64-66(60)67-63(39-37-57(53)68(67)71)70(64,5)49-22-12-9-13-23-49)54-27-18-21-47-32-35-51(42-58(47)54)72(50-33-30-46(31-34-50)45-19-10-8-11-20-45)52-36-38-62-59(43-52)55-25-14-16-28-61(55)69(62,3)4/h6-44H,1-5H3/b7-6-,53-24+. The van der Waals surface area contributed by atoms with Crippen molar-refractivity contribution in [1.82, 2.24) is 0 Å². The Bertz CT molecular complexity index is 3930. The topological polar surface area (TPSA) is 6.48 Å². The van der Waals surface area contributed by atoms with Crippen molar-refractivity contribution in [3.63, 3.8) is 0 Å². The lowest BCUT2D eigenvalue weighted by Crippen LogP contribution is -2.25. The second-order valence-electron chi connectivity index (χ2n) is 20.9. The lowest BCUT2D eigenvalue weighted by molar-refractivity contribution is 0.660. The summed E-state index contributed by atoms with van der Waals surface area (Å²) in [6.45, 7) is 11.7. The third kappa shape index (κ3) is 5.96. The molecular weight excluding hydrogens is 869 g/mol. The van der Waals surface area contributed by atoms with Gasteiger partial charge in [-0.3, -0.25) is 0 Å². The summed E-state index contributed by atoms with van der Waals surface area (Å²) in [5.74, 6) is 0. The van der Waals surface area contributed by atoms with Crippen molar-refractivity contribution in [2.45, 2.75) is 51.5 Å². The van der Waals surface area contributed by atoms with Crippen LogP contribution in [0.3, 0.4) is 0 Å². The van der Waals surface area contributed by atoms with Gasteiger partial charge in [0.2, 0.25) is 0 Å². The molecule has 10 aromatic carbocycles. The van der Waals surface area contributed by atoms with Gasteiger partial charge in [-0.05, 0) is 164 Å². The van der Waals surface area contributed by atoms with Gasteiger partial charge in [0.1, 0.15) is 0 Å². The number of rotatable bonds is 7. The second-order valence-corrected chi connectivity index (χ2v) is 20.9. The molecule has 0 bridgehead atoms. The number of hydrogen-bond donors (Lipinski definition) is 0. The molecule has 0 spiro atoms. The number of para-hydroxylation sites is 1. The van der Waals surface area contributed by atoms with Crippen LogP contribution >= 0.6 is 0 Å². The number of anilines is 5. The number of allylic oxidation sites excluding steroid dienone is 3. The van der Waals surface area contributed by atoms with Gasteiger partial charge in [-0.15, -0.1) is 0 Å². The molecule has 0 N–H and O–H groups in total. The first-order valence-corrected chi connectivity index (χ1v) is 25.6. The molecule has 344 valence electrons. The molecule has 2 aliphatic heterocycles. The molecule has 2 nitrogen and oxygen atoms in total. The molecule has 2 atom stereocenters. The first-order chi connectivity index (χ1) is 35.2. The maximum absolute atomic E-state index is 2.64. The molecule has 0 saturated heterocycles. The minimum Gasteiger partial charge on any atom is -0.333 e. The zero-order chi connectivity index (χ0) is 48.5. The van der Waals surface area contributed by atoms with Gasteiger partial charge in [0.05, 0.1) is 11.7 Å². The zero-order valence-corrected chi connectivity index (χ0v) is 41.4. The SMILES string of the molecule is C/C=C\C=C1\c2ccc3c4c2N(c2ccccc2-c2cc(-c5cccc6ccc(N(c7ccc(-c8ccccc8)cc7)c7ccc8c(c7)-c7ccccc7C8(C)C)cc56)cc(c2-4)C3(C)c2ccccc2)C1C. The van der Waals surface area contributed by atoms with E-state index in [-0.39, 0.29) is 11.5 Å². The number of hydrogen-bond acceptors (Lipinski definition) is 2. The van der Waals surface area contributed by atoms with Gasteiger partial charge in [-0.25, -0.2) is 0 Å². The van der Waals surface area contributed by atoms with Gasteiger partial charge in [-0.1, -0.05) is 190 Å². The highest BCUT2D eigenvalue weighted by Gasteiger charge is 2.49. The van der Waals surface area contributed by atoms with E-state index < -0.39 is 5.41 Å². The number of fused-ring (bicyclic) bond motifs is 7. The summed E-state index contributed by atoms with van der Waals surface area (Å²) in [7, 11) is 0. The molecule has 10 aromatic rings. The average Bonchev–Trinajstić information content (AvgIpc) is 3.92. The van der Waals surface area contributed by atoms with Gasteiger partial charge < -0.3 is 9.80 Å². The molecule has 0 saturated carbocycles. The predicted octanol–water partition coefficient (Wildman–Crippen LogP) is 18.8. The van der Waals surface area contributed by atoms with E-state index in [1.54, 1.807) is 0 Å². The molecule has 2 unspecified atom stereocenters. The van der Waals surface area contributed by atoms with E-state index in [1.165, 1.54) is 117 Å². The van der Waals surface area contributed by atoms with Crippen molar-refractivity contribution in [3.05, 3.63) is 264 Å². The van der Waals surface area contributed by atoms with Crippen LogP contribution in [-0.4, -0.2) is 6.04 Å². The average molecular weight is 923 g/mol. The van der Waals surface area contributed by atoms with Crippen molar-refractivity contribution in [2.75, 3.05) is 9.80 Å². The summed E-state index contributed by atoms with van der Waals surface area (Å²) >= 11 is 0. The molecular formula is C70H54N2. The van der Waals surface area contributed by atoms with Crippen LogP contribution in [0.4, 0.5) is 28.4 Å². The molecule has 2 aliphatic carbocycles. The summed E-state index contributed by atoms with van der Waals surface area (Å²) in [6.07, 6.45) is 6.67. The van der Waals surface area contributed by atoms with Crippen molar-refractivity contribution < 1.29 is 0 Å². The van der Waals surface area contributed by atoms with E-state index in [9.17, 15) is 0 Å². The molecule has 4 aliphatic rings. The zero-order valence-electron chi connectivity index (χ0n) is 41.4. The molecule has 0 fully saturated rings. The molecule has 72 heavy (non-hydrogen) atoms. The van der Waals surface area contributed by atoms with Crippen LogP contribution in [0, 0.1) is 0 Å². The van der Waals surface area contributed by atoms with Crippen LogP contribution in [0.25, 0.3) is 72.0 Å². The van der Waals surface area contributed by atoms with Crippen LogP contribution in [0.1, 0.15) is 68.0 Å². The van der Waals surface area contributed by atoms with Crippen LogP contribution in [0.15, 0.2) is 231 Å². The normalized spacial score (nSPS) is 17.8. The lowest BCUT2D eigenvalue weighted by atomic mass is 9.73. The highest BCUT2D eigenvalue weighted by atomic mass is 15.2. The minimum atomic E-state index is -0.401. The Labute approximate surface area is 423 Å². The Morgan fingerprint density at radius 1 is 0.458 bits per heavy atom. The Balaban J connectivity index is 1.000. The molecule has 0 amide bonds. The second kappa shape index (κ2) is 15.8. The van der Waals surface area contributed by atoms with Crippen LogP contribution in [-0.2, 0) is 10.8 Å². The van der Waals surface area contributed by atoms with Gasteiger partial charge in [0, 0.05) is 50.3 Å². The van der Waals surface area contributed by atoms with Crippen molar-refractivity contribution >= 4 is 44.8 Å². The maximum atomic E-state index is 2.64. The van der Waals surface area contributed by atoms with Crippen LogP contribution in [0.5, 0.6) is 0 Å². The van der Waals surface area contributed by atoms with Crippen molar-refractivity contribution in [1.29, 1.82) is 0 Å². The summed E-state index contributed by atoms with van der Waals surface area (Å²) in [6, 6.07) is 80.3. The summed E-state index contributed by atoms with van der Waals surface area (Å²) in [5.41, 5.74) is 27.7. The van der Waals surface area contributed by atoms with Gasteiger partial charge in [0.15, 0.2) is 0 Å². The van der Waals surface area contributed by atoms with Crippen molar-refractivity contribution in [3.8, 4) is 55.6 Å². The fourth-order valence-corrected chi connectivity index (χ4v) is 13.3. The Hall–Kier alpha value is -8.46. The van der Waals surface area contributed by atoms with E-state index in [0.717, 1.165) is 17.1 Å². The highest BCUT2D eigenvalue weighted by Crippen LogP contribution is 2.65. The van der Waals surface area contributed by atoms with E-state index in [0.29, 0.717) is 0 Å². The van der Waals surface area contributed by atoms with Gasteiger partial charge >= 0.3 is 0 Å². The Kier molecular flexibility index (Phi) is 9.29. The first kappa shape index (κ1) is 42.4. The molecule has 0 aromatic heterocycles. The Morgan fingerprint density at radius 3 is 1.92 bits per heavy atom. The largest absolute Gasteiger partial charge is 0.333 e. The summed E-state index contributed by atoms with van der Waals surface area (Å²) in [5, 5.41) is 2.43. The third-order valence-electron chi connectivity index (χ3n) is 16.8. The van der Waals surface area contributed by atoms with E-state index in [1.807, 2.05) is 0 Å². The minimum absolute atomic E-state index is 0.0826. The van der Waals surface area contributed by atoms with Gasteiger partial charge in [-0.2, -0.15) is 0 Å². The van der Waals surface area contributed by atoms with E-state index in [2.05, 4.69) is 275 Å². The fourth-order valence-electron chi connectivity index (χ4n) is 13.3. The smallest absolute Gasteiger partial charge is 0.0577 e. The van der Waals surface area contributed by atoms with Crippen molar-refractivity contribution in [2.24, 2.45) is 0 Å². The van der Waals surface area contributed by atoms with Crippen LogP contribution < -0.4 is 9.80 Å². The monoisotopic (exact) mass is 922 g/mol.